The van der Waals surface area contributed by atoms with Crippen molar-refractivity contribution in [2.24, 2.45) is 0 Å². The average molecular weight is 259 g/mol. The molecule has 3 nitrogen and oxygen atoms in total. The number of ether oxygens (including phenoxy) is 2. The van der Waals surface area contributed by atoms with Gasteiger partial charge >= 0.3 is 0 Å². The fraction of sp³-hybridized carbons (Fsp3) is 1.00. The zero-order chi connectivity index (χ0) is 13.3. The van der Waals surface area contributed by atoms with Gasteiger partial charge in [-0.1, -0.05) is 39.0 Å². The van der Waals surface area contributed by atoms with Crippen LogP contribution in [0.2, 0.25) is 0 Å². The molecule has 110 valence electrons. The van der Waals surface area contributed by atoms with E-state index in [4.69, 9.17) is 9.47 Å². The van der Waals surface area contributed by atoms with Crippen LogP contribution < -0.4 is 5.32 Å². The summed E-state index contributed by atoms with van der Waals surface area (Å²) in [7, 11) is 1.70. The average Bonchev–Trinajstić information content (AvgIpc) is 2.39. The predicted octanol–water partition coefficient (Wildman–Crippen LogP) is 3.38. The second kappa shape index (κ2) is 16.9. The van der Waals surface area contributed by atoms with Crippen LogP contribution in [-0.2, 0) is 9.47 Å². The van der Waals surface area contributed by atoms with Crippen molar-refractivity contribution in [2.75, 3.05) is 40.0 Å². The van der Waals surface area contributed by atoms with Gasteiger partial charge in [-0.05, 0) is 32.4 Å². The van der Waals surface area contributed by atoms with Gasteiger partial charge in [0.2, 0.25) is 0 Å². The first kappa shape index (κ1) is 17.9. The Kier molecular flexibility index (Phi) is 16.8. The molecule has 3 heteroatoms. The third-order valence-electron chi connectivity index (χ3n) is 3.03. The Balaban J connectivity index is 2.86. The van der Waals surface area contributed by atoms with Crippen LogP contribution in [0.5, 0.6) is 0 Å². The first-order valence-corrected chi connectivity index (χ1v) is 7.69. The van der Waals surface area contributed by atoms with Crippen molar-refractivity contribution in [1.82, 2.24) is 5.32 Å². The Morgan fingerprint density at radius 1 is 0.722 bits per heavy atom. The minimum Gasteiger partial charge on any atom is -0.382 e. The topological polar surface area (TPSA) is 30.5 Å². The maximum atomic E-state index is 5.40. The summed E-state index contributed by atoms with van der Waals surface area (Å²) < 4.78 is 10.3. The van der Waals surface area contributed by atoms with Crippen molar-refractivity contribution >= 4 is 0 Å². The van der Waals surface area contributed by atoms with Gasteiger partial charge < -0.3 is 14.8 Å². The maximum Gasteiger partial charge on any atom is 0.0700 e. The lowest BCUT2D eigenvalue weighted by Crippen LogP contribution is -2.17. The number of hydrogen-bond acceptors (Lipinski definition) is 3. The van der Waals surface area contributed by atoms with Gasteiger partial charge in [0.25, 0.3) is 0 Å². The quantitative estimate of drug-likeness (QED) is 0.457. The van der Waals surface area contributed by atoms with E-state index in [1.165, 1.54) is 51.5 Å². The Labute approximate surface area is 114 Å². The molecule has 0 aliphatic rings. The van der Waals surface area contributed by atoms with E-state index in [1.54, 1.807) is 7.11 Å². The molecule has 0 amide bonds. The number of unbranched alkanes of at least 4 members (excludes halogenated alkanes) is 6. The van der Waals surface area contributed by atoms with Gasteiger partial charge in [0.1, 0.15) is 0 Å². The minimum absolute atomic E-state index is 0.705. The van der Waals surface area contributed by atoms with Gasteiger partial charge in [0, 0.05) is 13.7 Å². The summed E-state index contributed by atoms with van der Waals surface area (Å²) in [5.41, 5.74) is 0. The van der Waals surface area contributed by atoms with Crippen molar-refractivity contribution in [3.8, 4) is 0 Å². The molecule has 0 saturated heterocycles. The zero-order valence-electron chi connectivity index (χ0n) is 12.5. The van der Waals surface area contributed by atoms with Crippen molar-refractivity contribution in [1.29, 1.82) is 0 Å². The smallest absolute Gasteiger partial charge is 0.0700 e. The number of rotatable bonds is 15. The fourth-order valence-electron chi connectivity index (χ4n) is 1.85. The van der Waals surface area contributed by atoms with Gasteiger partial charge in [0.15, 0.2) is 0 Å². The Morgan fingerprint density at radius 3 is 2.11 bits per heavy atom. The molecule has 0 unspecified atom stereocenters. The second-order valence-corrected chi connectivity index (χ2v) is 4.83. The maximum absolute atomic E-state index is 5.40. The molecule has 1 N–H and O–H groups in total. The lowest BCUT2D eigenvalue weighted by molar-refractivity contribution is 0.0688. The van der Waals surface area contributed by atoms with Crippen LogP contribution in [0.25, 0.3) is 0 Å². The zero-order valence-corrected chi connectivity index (χ0v) is 12.5. The van der Waals surface area contributed by atoms with E-state index >= 15 is 0 Å². The minimum atomic E-state index is 0.705. The van der Waals surface area contributed by atoms with Crippen LogP contribution in [-0.4, -0.2) is 40.0 Å². The van der Waals surface area contributed by atoms with Gasteiger partial charge in [-0.3, -0.25) is 0 Å². The summed E-state index contributed by atoms with van der Waals surface area (Å²) in [6.07, 6.45) is 10.6. The molecule has 0 rings (SSSR count). The first-order valence-electron chi connectivity index (χ1n) is 7.69. The van der Waals surface area contributed by atoms with Crippen LogP contribution >= 0.6 is 0 Å². The van der Waals surface area contributed by atoms with E-state index < -0.39 is 0 Å². The SMILES string of the molecule is CCCCCCCCNCCCCOCCOC. The van der Waals surface area contributed by atoms with E-state index in [0.717, 1.165) is 26.2 Å². The van der Waals surface area contributed by atoms with Crippen molar-refractivity contribution < 1.29 is 9.47 Å². The molecule has 0 heterocycles. The summed E-state index contributed by atoms with van der Waals surface area (Å²) in [5.74, 6) is 0. The third kappa shape index (κ3) is 15.9. The van der Waals surface area contributed by atoms with Crippen LogP contribution in [0.1, 0.15) is 58.3 Å². The molecular formula is C15H33NO2. The molecule has 0 aromatic heterocycles. The summed E-state index contributed by atoms with van der Waals surface area (Å²) in [4.78, 5) is 0. The Morgan fingerprint density at radius 2 is 1.39 bits per heavy atom. The summed E-state index contributed by atoms with van der Waals surface area (Å²) in [6.45, 7) is 6.86. The molecule has 0 spiro atoms. The third-order valence-corrected chi connectivity index (χ3v) is 3.03. The van der Waals surface area contributed by atoms with E-state index in [2.05, 4.69) is 12.2 Å². The molecule has 0 aromatic rings. The molecule has 0 aliphatic carbocycles. The summed E-state index contributed by atoms with van der Waals surface area (Å²) in [6, 6.07) is 0. The van der Waals surface area contributed by atoms with Gasteiger partial charge in [-0.25, -0.2) is 0 Å². The van der Waals surface area contributed by atoms with Crippen LogP contribution in [0.4, 0.5) is 0 Å². The predicted molar refractivity (Wildman–Crippen MR) is 78.2 cm³/mol. The molecular weight excluding hydrogens is 226 g/mol. The molecule has 0 saturated carbocycles. The molecule has 0 atom stereocenters. The highest BCUT2D eigenvalue weighted by Crippen LogP contribution is 2.03. The lowest BCUT2D eigenvalue weighted by atomic mass is 10.1. The molecule has 0 aromatic carbocycles. The van der Waals surface area contributed by atoms with Gasteiger partial charge in [-0.15, -0.1) is 0 Å². The Hall–Kier alpha value is -0.120. The molecule has 0 aliphatic heterocycles. The van der Waals surface area contributed by atoms with E-state index in [0.29, 0.717) is 6.61 Å². The van der Waals surface area contributed by atoms with Crippen LogP contribution in [0.15, 0.2) is 0 Å². The monoisotopic (exact) mass is 259 g/mol. The van der Waals surface area contributed by atoms with E-state index in [-0.39, 0.29) is 0 Å². The highest BCUT2D eigenvalue weighted by molar-refractivity contribution is 4.50. The number of methoxy groups -OCH3 is 1. The fourth-order valence-corrected chi connectivity index (χ4v) is 1.85. The largest absolute Gasteiger partial charge is 0.382 e. The highest BCUT2D eigenvalue weighted by Gasteiger charge is 1.92. The number of hydrogen-bond donors (Lipinski definition) is 1. The second-order valence-electron chi connectivity index (χ2n) is 4.83. The van der Waals surface area contributed by atoms with Gasteiger partial charge in [-0.2, -0.15) is 0 Å². The first-order chi connectivity index (χ1) is 8.91. The summed E-state index contributed by atoms with van der Waals surface area (Å²) >= 11 is 0. The van der Waals surface area contributed by atoms with Crippen molar-refractivity contribution in [3.05, 3.63) is 0 Å². The van der Waals surface area contributed by atoms with E-state index in [9.17, 15) is 0 Å². The standard InChI is InChI=1S/C15H33NO2/c1-3-4-5-6-7-8-11-16-12-9-10-13-18-15-14-17-2/h16H,3-15H2,1-2H3. The van der Waals surface area contributed by atoms with Crippen molar-refractivity contribution in [3.63, 3.8) is 0 Å². The lowest BCUT2D eigenvalue weighted by Gasteiger charge is -2.05. The highest BCUT2D eigenvalue weighted by atomic mass is 16.5. The normalized spacial score (nSPS) is 11.0. The number of nitrogens with one attached hydrogen (secondary N) is 1. The summed E-state index contributed by atoms with van der Waals surface area (Å²) in [5, 5.41) is 3.50. The van der Waals surface area contributed by atoms with Crippen LogP contribution in [0.3, 0.4) is 0 Å². The van der Waals surface area contributed by atoms with Gasteiger partial charge in [0.05, 0.1) is 13.2 Å². The van der Waals surface area contributed by atoms with E-state index in [1.807, 2.05) is 0 Å². The molecule has 18 heavy (non-hydrogen) atoms. The molecule has 0 bridgehead atoms. The van der Waals surface area contributed by atoms with Crippen LogP contribution in [0, 0.1) is 0 Å². The molecule has 0 fully saturated rings. The Bertz CT molecular complexity index is 126. The molecule has 0 radical (unpaired) electrons. The van der Waals surface area contributed by atoms with Crippen molar-refractivity contribution in [2.45, 2.75) is 58.3 Å².